The van der Waals surface area contributed by atoms with Crippen LogP contribution in [0.4, 0.5) is 0 Å². The van der Waals surface area contributed by atoms with Crippen molar-refractivity contribution >= 4 is 17.7 Å². The molecule has 4 heteroatoms. The molecule has 2 aliphatic rings. The minimum absolute atomic E-state index is 0.0761. The van der Waals surface area contributed by atoms with Crippen molar-refractivity contribution in [2.45, 2.75) is 36.9 Å². The van der Waals surface area contributed by atoms with Crippen molar-refractivity contribution in [2.75, 3.05) is 19.3 Å². The summed E-state index contributed by atoms with van der Waals surface area (Å²) in [6.07, 6.45) is 7.58. The average molecular weight is 238 g/mol. The van der Waals surface area contributed by atoms with Crippen molar-refractivity contribution < 1.29 is 4.79 Å². The lowest BCUT2D eigenvalue weighted by molar-refractivity contribution is -0.128. The van der Waals surface area contributed by atoms with E-state index in [0.717, 1.165) is 6.54 Å². The van der Waals surface area contributed by atoms with Crippen molar-refractivity contribution in [1.29, 1.82) is 5.26 Å². The molecule has 0 aromatic carbocycles. The highest BCUT2D eigenvalue weighted by Gasteiger charge is 2.39. The molecule has 2 fully saturated rings. The lowest BCUT2D eigenvalue weighted by Crippen LogP contribution is -2.39. The summed E-state index contributed by atoms with van der Waals surface area (Å²) in [6, 6.07) is 2.21. The van der Waals surface area contributed by atoms with Gasteiger partial charge < -0.3 is 4.90 Å². The van der Waals surface area contributed by atoms with E-state index in [1.807, 2.05) is 16.7 Å². The molecule has 2 rings (SSSR count). The number of carbonyl (C=O) groups is 1. The van der Waals surface area contributed by atoms with Crippen LogP contribution in [0.5, 0.6) is 0 Å². The van der Waals surface area contributed by atoms with Crippen molar-refractivity contribution in [3.63, 3.8) is 0 Å². The van der Waals surface area contributed by atoms with E-state index in [1.165, 1.54) is 25.7 Å². The minimum Gasteiger partial charge on any atom is -0.340 e. The number of rotatable bonds is 3. The second-order valence-corrected chi connectivity index (χ2v) is 6.17. The fourth-order valence-corrected chi connectivity index (χ4v) is 3.79. The van der Waals surface area contributed by atoms with Gasteiger partial charge in [-0.3, -0.25) is 4.79 Å². The molecule has 3 nitrogen and oxygen atoms in total. The maximum atomic E-state index is 11.8. The maximum Gasteiger partial charge on any atom is 0.224 e. The second-order valence-electron chi connectivity index (χ2n) is 4.90. The fourth-order valence-electron chi connectivity index (χ4n) is 2.81. The molecule has 0 N–H and O–H groups in total. The lowest BCUT2D eigenvalue weighted by Gasteiger charge is -2.31. The first kappa shape index (κ1) is 11.8. The van der Waals surface area contributed by atoms with Gasteiger partial charge in [-0.05, 0) is 19.1 Å². The molecule has 1 aliphatic heterocycles. The number of nitrogens with zero attached hydrogens (tertiary/aromatic N) is 2. The molecule has 1 unspecified atom stereocenters. The maximum absolute atomic E-state index is 11.8. The molecular weight excluding hydrogens is 220 g/mol. The first-order valence-corrected chi connectivity index (χ1v) is 7.14. The van der Waals surface area contributed by atoms with E-state index in [9.17, 15) is 4.79 Å². The zero-order valence-electron chi connectivity index (χ0n) is 9.74. The Bertz CT molecular complexity index is 317. The average Bonchev–Trinajstić information content (AvgIpc) is 2.88. The molecule has 0 radical (unpaired) electrons. The summed E-state index contributed by atoms with van der Waals surface area (Å²) in [5.41, 5.74) is 0. The summed E-state index contributed by atoms with van der Waals surface area (Å²) in [6.45, 7) is 1.50. The monoisotopic (exact) mass is 238 g/mol. The third-order valence-electron chi connectivity index (χ3n) is 3.82. The number of thioether (sulfide) groups is 1. The smallest absolute Gasteiger partial charge is 0.224 e. The molecule has 0 aromatic rings. The molecule has 0 aromatic heterocycles. The highest BCUT2D eigenvalue weighted by molar-refractivity contribution is 8.00. The summed E-state index contributed by atoms with van der Waals surface area (Å²) >= 11 is 1.90. The highest BCUT2D eigenvalue weighted by Crippen LogP contribution is 2.41. The van der Waals surface area contributed by atoms with Crippen molar-refractivity contribution in [3.05, 3.63) is 0 Å². The van der Waals surface area contributed by atoms with E-state index in [0.29, 0.717) is 13.0 Å². The Kier molecular flexibility index (Phi) is 3.44. The van der Waals surface area contributed by atoms with Crippen LogP contribution in [0, 0.1) is 17.2 Å². The van der Waals surface area contributed by atoms with Crippen molar-refractivity contribution in [3.8, 4) is 6.07 Å². The van der Waals surface area contributed by atoms with Gasteiger partial charge in [-0.25, -0.2) is 0 Å². The zero-order chi connectivity index (χ0) is 11.6. The molecule has 0 spiro atoms. The molecule has 16 heavy (non-hydrogen) atoms. The number of amides is 1. The van der Waals surface area contributed by atoms with Crippen LogP contribution in [0.25, 0.3) is 0 Å². The zero-order valence-corrected chi connectivity index (χ0v) is 10.6. The topological polar surface area (TPSA) is 44.1 Å². The molecule has 1 saturated heterocycles. The van der Waals surface area contributed by atoms with Crippen LogP contribution in [0.3, 0.4) is 0 Å². The predicted molar refractivity (Wildman–Crippen MR) is 65.0 cm³/mol. The Morgan fingerprint density at radius 1 is 1.56 bits per heavy atom. The van der Waals surface area contributed by atoms with E-state index in [-0.39, 0.29) is 16.6 Å². The highest BCUT2D eigenvalue weighted by atomic mass is 32.2. The Balaban J connectivity index is 1.99. The van der Waals surface area contributed by atoms with E-state index in [2.05, 4.69) is 12.3 Å². The van der Waals surface area contributed by atoms with Gasteiger partial charge in [-0.1, -0.05) is 12.8 Å². The van der Waals surface area contributed by atoms with Gasteiger partial charge in [-0.15, -0.1) is 0 Å². The van der Waals surface area contributed by atoms with Gasteiger partial charge >= 0.3 is 0 Å². The van der Waals surface area contributed by atoms with Gasteiger partial charge in [0, 0.05) is 24.3 Å². The first-order valence-electron chi connectivity index (χ1n) is 5.92. The number of nitriles is 1. The quantitative estimate of drug-likeness (QED) is 0.755. The van der Waals surface area contributed by atoms with Crippen LogP contribution >= 0.6 is 11.8 Å². The van der Waals surface area contributed by atoms with E-state index in [4.69, 9.17) is 5.26 Å². The fraction of sp³-hybridized carbons (Fsp3) is 0.833. The van der Waals surface area contributed by atoms with Gasteiger partial charge in [0.05, 0.1) is 12.0 Å². The van der Waals surface area contributed by atoms with Gasteiger partial charge in [-0.2, -0.15) is 17.0 Å². The molecule has 1 amide bonds. The summed E-state index contributed by atoms with van der Waals surface area (Å²) in [4.78, 5) is 13.7. The third kappa shape index (κ3) is 2.20. The van der Waals surface area contributed by atoms with E-state index < -0.39 is 0 Å². The van der Waals surface area contributed by atoms with Crippen LogP contribution < -0.4 is 0 Å². The van der Waals surface area contributed by atoms with E-state index in [1.54, 1.807) is 0 Å². The van der Waals surface area contributed by atoms with Crippen LogP contribution in [-0.2, 0) is 4.79 Å². The van der Waals surface area contributed by atoms with Crippen LogP contribution in [0.15, 0.2) is 0 Å². The third-order valence-corrected chi connectivity index (χ3v) is 5.23. The normalized spacial score (nSPS) is 28.4. The van der Waals surface area contributed by atoms with Crippen LogP contribution in [0.2, 0.25) is 0 Å². The molecule has 1 aliphatic carbocycles. The Hall–Kier alpha value is -0.690. The Morgan fingerprint density at radius 3 is 2.75 bits per heavy atom. The Morgan fingerprint density at radius 2 is 2.25 bits per heavy atom. The minimum atomic E-state index is -0.0761. The Labute approximate surface area is 101 Å². The standard InChI is InChI=1S/C12H18N2OS/c1-16-12(4-2-3-5-12)9-14-8-10(7-13)6-11(14)15/h10H,2-6,8-9H2,1H3. The van der Waals surface area contributed by atoms with Crippen LogP contribution in [-0.4, -0.2) is 34.9 Å². The summed E-state index contributed by atoms with van der Waals surface area (Å²) in [5, 5.41) is 8.85. The van der Waals surface area contributed by atoms with Crippen molar-refractivity contribution in [2.24, 2.45) is 5.92 Å². The van der Waals surface area contributed by atoms with Gasteiger partial charge in [0.1, 0.15) is 0 Å². The molecule has 0 bridgehead atoms. The molecule has 1 heterocycles. The molecule has 88 valence electrons. The largest absolute Gasteiger partial charge is 0.340 e. The molecular formula is C12H18N2OS. The summed E-state index contributed by atoms with van der Waals surface area (Å²) in [7, 11) is 0. The van der Waals surface area contributed by atoms with Gasteiger partial charge in [0.25, 0.3) is 0 Å². The number of hydrogen-bond donors (Lipinski definition) is 0. The lowest BCUT2D eigenvalue weighted by atomic mass is 10.1. The summed E-state index contributed by atoms with van der Waals surface area (Å²) < 4.78 is 0.278. The number of carbonyl (C=O) groups excluding carboxylic acids is 1. The van der Waals surface area contributed by atoms with Gasteiger partial charge in [0.2, 0.25) is 5.91 Å². The first-order chi connectivity index (χ1) is 7.69. The van der Waals surface area contributed by atoms with Crippen LogP contribution in [0.1, 0.15) is 32.1 Å². The number of hydrogen-bond acceptors (Lipinski definition) is 3. The molecule has 1 saturated carbocycles. The van der Waals surface area contributed by atoms with Gasteiger partial charge in [0.15, 0.2) is 0 Å². The predicted octanol–water partition coefficient (Wildman–Crippen LogP) is 2.03. The van der Waals surface area contributed by atoms with E-state index >= 15 is 0 Å². The number of likely N-dealkylation sites (tertiary alicyclic amines) is 1. The second kappa shape index (κ2) is 4.67. The molecule has 1 atom stereocenters. The summed E-state index contributed by atoms with van der Waals surface area (Å²) in [5.74, 6) is 0.0969. The van der Waals surface area contributed by atoms with Crippen molar-refractivity contribution in [1.82, 2.24) is 4.90 Å². The SMILES string of the molecule is CSC1(CN2CC(C#N)CC2=O)CCCC1.